The Kier molecular flexibility index (Phi) is 6.53. The second kappa shape index (κ2) is 8.07. The van der Waals surface area contributed by atoms with Gasteiger partial charge in [0.05, 0.1) is 26.5 Å². The van der Waals surface area contributed by atoms with Crippen LogP contribution in [0.4, 0.5) is 4.39 Å². The standard InChI is InChI=1S/C12H17FO3/c13-6-5-11-1-3-12(4-2-11)16-10-9-15-8-7-14/h1-4,14H,5-10H2. The fourth-order valence-electron chi connectivity index (χ4n) is 1.25. The summed E-state index contributed by atoms with van der Waals surface area (Å²) in [7, 11) is 0. The van der Waals surface area contributed by atoms with E-state index in [0.717, 1.165) is 11.3 Å². The number of aliphatic hydroxyl groups excluding tert-OH is 1. The summed E-state index contributed by atoms with van der Waals surface area (Å²) in [6, 6.07) is 7.33. The minimum Gasteiger partial charge on any atom is -0.491 e. The van der Waals surface area contributed by atoms with Gasteiger partial charge in [0, 0.05) is 6.42 Å². The summed E-state index contributed by atoms with van der Waals surface area (Å²) < 4.78 is 22.5. The van der Waals surface area contributed by atoms with Gasteiger partial charge in [0.1, 0.15) is 12.4 Å². The molecule has 0 saturated carbocycles. The maximum absolute atomic E-state index is 12.0. The molecule has 0 radical (unpaired) electrons. The highest BCUT2D eigenvalue weighted by atomic mass is 19.1. The minimum absolute atomic E-state index is 0.0257. The van der Waals surface area contributed by atoms with Gasteiger partial charge in [-0.3, -0.25) is 4.39 Å². The molecule has 1 aromatic carbocycles. The van der Waals surface area contributed by atoms with Gasteiger partial charge in [0.25, 0.3) is 0 Å². The van der Waals surface area contributed by atoms with Gasteiger partial charge < -0.3 is 14.6 Å². The fraction of sp³-hybridized carbons (Fsp3) is 0.500. The lowest BCUT2D eigenvalue weighted by Gasteiger charge is -2.07. The summed E-state index contributed by atoms with van der Waals surface area (Å²) in [5.41, 5.74) is 0.964. The monoisotopic (exact) mass is 228 g/mol. The number of hydrogen-bond donors (Lipinski definition) is 1. The van der Waals surface area contributed by atoms with Gasteiger partial charge in [-0.15, -0.1) is 0 Å². The molecule has 1 rings (SSSR count). The molecule has 0 saturated heterocycles. The highest BCUT2D eigenvalue weighted by molar-refractivity contribution is 5.27. The third-order valence-electron chi connectivity index (χ3n) is 2.04. The summed E-state index contributed by atoms with van der Waals surface area (Å²) in [6.07, 6.45) is 0.444. The van der Waals surface area contributed by atoms with E-state index in [4.69, 9.17) is 14.6 Å². The second-order valence-electron chi connectivity index (χ2n) is 3.27. The molecule has 3 nitrogen and oxygen atoms in total. The predicted octanol–water partition coefficient (Wildman–Crippen LogP) is 1.59. The van der Waals surface area contributed by atoms with Gasteiger partial charge in [-0.25, -0.2) is 0 Å². The maximum atomic E-state index is 12.0. The zero-order chi connectivity index (χ0) is 11.6. The molecule has 0 aliphatic rings. The molecule has 1 N–H and O–H groups in total. The number of alkyl halides is 1. The van der Waals surface area contributed by atoms with E-state index in [1.165, 1.54) is 0 Å². The van der Waals surface area contributed by atoms with Crippen molar-refractivity contribution in [1.29, 1.82) is 0 Å². The van der Waals surface area contributed by atoms with E-state index < -0.39 is 0 Å². The number of ether oxygens (including phenoxy) is 2. The molecule has 90 valence electrons. The van der Waals surface area contributed by atoms with Crippen LogP contribution in [0.1, 0.15) is 5.56 Å². The first-order valence-electron chi connectivity index (χ1n) is 5.33. The van der Waals surface area contributed by atoms with Gasteiger partial charge >= 0.3 is 0 Å². The summed E-state index contributed by atoms with van der Waals surface area (Å²) in [5, 5.41) is 8.47. The Morgan fingerprint density at radius 2 is 1.81 bits per heavy atom. The van der Waals surface area contributed by atoms with Crippen molar-refractivity contribution in [2.75, 3.05) is 33.1 Å². The van der Waals surface area contributed by atoms with Crippen LogP contribution in [0.15, 0.2) is 24.3 Å². The molecule has 0 spiro atoms. The number of rotatable bonds is 8. The van der Waals surface area contributed by atoms with E-state index in [-0.39, 0.29) is 13.3 Å². The van der Waals surface area contributed by atoms with Crippen molar-refractivity contribution >= 4 is 0 Å². The highest BCUT2D eigenvalue weighted by Crippen LogP contribution is 2.12. The zero-order valence-corrected chi connectivity index (χ0v) is 9.19. The number of aryl methyl sites for hydroxylation is 1. The lowest BCUT2D eigenvalue weighted by atomic mass is 10.2. The molecule has 0 aromatic heterocycles. The van der Waals surface area contributed by atoms with Gasteiger partial charge in [0.15, 0.2) is 0 Å². The van der Waals surface area contributed by atoms with Gasteiger partial charge in [-0.1, -0.05) is 12.1 Å². The Labute approximate surface area is 94.8 Å². The van der Waals surface area contributed by atoms with Crippen molar-refractivity contribution in [1.82, 2.24) is 0 Å². The fourth-order valence-corrected chi connectivity index (χ4v) is 1.25. The Morgan fingerprint density at radius 1 is 1.06 bits per heavy atom. The average Bonchev–Trinajstić information content (AvgIpc) is 2.31. The van der Waals surface area contributed by atoms with Crippen molar-refractivity contribution in [2.45, 2.75) is 6.42 Å². The van der Waals surface area contributed by atoms with E-state index in [1.54, 1.807) is 0 Å². The quantitative estimate of drug-likeness (QED) is 0.687. The van der Waals surface area contributed by atoms with E-state index >= 15 is 0 Å². The van der Waals surface area contributed by atoms with E-state index in [1.807, 2.05) is 24.3 Å². The van der Waals surface area contributed by atoms with Gasteiger partial charge in [-0.2, -0.15) is 0 Å². The second-order valence-corrected chi connectivity index (χ2v) is 3.27. The predicted molar refractivity (Wildman–Crippen MR) is 59.5 cm³/mol. The molecule has 0 fully saturated rings. The van der Waals surface area contributed by atoms with Gasteiger partial charge in [-0.05, 0) is 17.7 Å². The van der Waals surface area contributed by atoms with Crippen molar-refractivity contribution in [2.24, 2.45) is 0 Å². The third-order valence-corrected chi connectivity index (χ3v) is 2.04. The SMILES string of the molecule is OCCOCCOc1ccc(CCF)cc1. The molecular formula is C12H17FO3. The maximum Gasteiger partial charge on any atom is 0.119 e. The Balaban J connectivity index is 2.21. The van der Waals surface area contributed by atoms with E-state index in [0.29, 0.717) is 26.2 Å². The van der Waals surface area contributed by atoms with E-state index in [2.05, 4.69) is 0 Å². The van der Waals surface area contributed by atoms with Crippen molar-refractivity contribution in [3.63, 3.8) is 0 Å². The minimum atomic E-state index is -0.338. The first-order chi connectivity index (χ1) is 7.86. The zero-order valence-electron chi connectivity index (χ0n) is 9.19. The Hall–Kier alpha value is -1.13. The van der Waals surface area contributed by atoms with Crippen LogP contribution in [0.2, 0.25) is 0 Å². The molecule has 0 amide bonds. The van der Waals surface area contributed by atoms with Crippen LogP contribution in [0, 0.1) is 0 Å². The van der Waals surface area contributed by atoms with E-state index in [9.17, 15) is 4.39 Å². The number of benzene rings is 1. The summed E-state index contributed by atoms with van der Waals surface area (Å²) in [4.78, 5) is 0. The largest absolute Gasteiger partial charge is 0.491 e. The topological polar surface area (TPSA) is 38.7 Å². The molecule has 0 bridgehead atoms. The molecule has 16 heavy (non-hydrogen) atoms. The van der Waals surface area contributed by atoms with Crippen LogP contribution in [0.3, 0.4) is 0 Å². The molecule has 0 aliphatic heterocycles. The van der Waals surface area contributed by atoms with Crippen molar-refractivity contribution in [3.8, 4) is 5.75 Å². The lowest BCUT2D eigenvalue weighted by Crippen LogP contribution is -2.09. The normalized spacial score (nSPS) is 10.4. The molecule has 0 aliphatic carbocycles. The molecular weight excluding hydrogens is 211 g/mol. The third kappa shape index (κ3) is 5.09. The Bertz CT molecular complexity index is 274. The van der Waals surface area contributed by atoms with Crippen LogP contribution in [0.25, 0.3) is 0 Å². The molecule has 0 atom stereocenters. The van der Waals surface area contributed by atoms with Crippen LogP contribution in [-0.2, 0) is 11.2 Å². The molecule has 0 unspecified atom stereocenters. The van der Waals surface area contributed by atoms with Crippen LogP contribution < -0.4 is 4.74 Å². The summed E-state index contributed by atoms with van der Waals surface area (Å²) in [6.45, 7) is 0.918. The first kappa shape index (κ1) is 12.9. The van der Waals surface area contributed by atoms with Crippen LogP contribution in [-0.4, -0.2) is 38.2 Å². The smallest absolute Gasteiger partial charge is 0.119 e. The highest BCUT2D eigenvalue weighted by Gasteiger charge is 1.95. The summed E-state index contributed by atoms with van der Waals surface area (Å²) >= 11 is 0. The first-order valence-corrected chi connectivity index (χ1v) is 5.33. The number of halogens is 1. The Morgan fingerprint density at radius 3 is 2.44 bits per heavy atom. The molecule has 0 heterocycles. The molecule has 4 heteroatoms. The number of aliphatic hydroxyl groups is 1. The summed E-state index contributed by atoms with van der Waals surface area (Å²) in [5.74, 6) is 0.746. The van der Waals surface area contributed by atoms with Crippen molar-refractivity contribution in [3.05, 3.63) is 29.8 Å². The number of hydrogen-bond acceptors (Lipinski definition) is 3. The van der Waals surface area contributed by atoms with Crippen molar-refractivity contribution < 1.29 is 19.0 Å². The van der Waals surface area contributed by atoms with Gasteiger partial charge in [0.2, 0.25) is 0 Å². The lowest BCUT2D eigenvalue weighted by molar-refractivity contribution is 0.0705. The van der Waals surface area contributed by atoms with Crippen LogP contribution in [0.5, 0.6) is 5.75 Å². The molecule has 1 aromatic rings. The van der Waals surface area contributed by atoms with Crippen LogP contribution >= 0.6 is 0 Å². The average molecular weight is 228 g/mol.